The molecule has 0 fully saturated rings. The quantitative estimate of drug-likeness (QED) is 0.938. The molecule has 1 N–H and O–H groups in total. The van der Waals surface area contributed by atoms with Gasteiger partial charge in [-0.05, 0) is 43.2 Å². The van der Waals surface area contributed by atoms with Gasteiger partial charge in [-0.3, -0.25) is 4.79 Å². The molecule has 1 amide bonds. The molecule has 23 heavy (non-hydrogen) atoms. The predicted molar refractivity (Wildman–Crippen MR) is 91.8 cm³/mol. The van der Waals surface area contributed by atoms with Crippen LogP contribution in [-0.2, 0) is 11.2 Å². The molecule has 0 aliphatic carbocycles. The van der Waals surface area contributed by atoms with E-state index < -0.39 is 0 Å². The number of rotatable bonds is 3. The number of hydrogen-bond acceptors (Lipinski definition) is 3. The molecule has 3 rings (SSSR count). The molecule has 1 atom stereocenters. The molecule has 0 saturated heterocycles. The summed E-state index contributed by atoms with van der Waals surface area (Å²) in [4.78, 5) is 14.4. The lowest BCUT2D eigenvalue weighted by Crippen LogP contribution is -2.37. The van der Waals surface area contributed by atoms with Crippen molar-refractivity contribution in [2.75, 3.05) is 16.8 Å². The summed E-state index contributed by atoms with van der Waals surface area (Å²) in [6.45, 7) is 2.40. The maximum absolute atomic E-state index is 12.3. The Morgan fingerprint density at radius 1 is 1.39 bits per heavy atom. The van der Waals surface area contributed by atoms with Crippen LogP contribution in [-0.4, -0.2) is 18.5 Å². The molecule has 0 spiro atoms. The number of halogens is 1. The number of hydrogen-bond donors (Lipinski definition) is 1. The highest BCUT2D eigenvalue weighted by Crippen LogP contribution is 2.31. The first kappa shape index (κ1) is 15.4. The lowest BCUT2D eigenvalue weighted by atomic mass is 10.1. The van der Waals surface area contributed by atoms with Gasteiger partial charge in [0, 0.05) is 17.4 Å². The van der Waals surface area contributed by atoms with Crippen molar-refractivity contribution >= 4 is 28.9 Å². The second-order valence-corrected chi connectivity index (χ2v) is 6.07. The Morgan fingerprint density at radius 3 is 2.91 bits per heavy atom. The van der Waals surface area contributed by atoms with Gasteiger partial charge in [-0.25, -0.2) is 0 Å². The Balaban J connectivity index is 1.71. The summed E-state index contributed by atoms with van der Waals surface area (Å²) in [5.41, 5.74) is 3.38. The van der Waals surface area contributed by atoms with E-state index >= 15 is 0 Å². The third-order valence-electron chi connectivity index (χ3n) is 4.04. The fourth-order valence-corrected chi connectivity index (χ4v) is 3.13. The third kappa shape index (κ3) is 3.15. The highest BCUT2D eigenvalue weighted by atomic mass is 35.5. The van der Waals surface area contributed by atoms with E-state index in [-0.39, 0.29) is 12.5 Å². The second-order valence-electron chi connectivity index (χ2n) is 5.66. The molecule has 0 bridgehead atoms. The van der Waals surface area contributed by atoms with E-state index in [0.717, 1.165) is 12.1 Å². The fraction of sp³-hybridized carbons (Fsp3) is 0.222. The SMILES string of the molecule is CC1Cc2ccccc2N1CC(=O)Nc1ccc(C#N)c(Cl)c1. The van der Waals surface area contributed by atoms with Gasteiger partial charge in [0.15, 0.2) is 0 Å². The molecule has 1 unspecified atom stereocenters. The molecule has 1 aliphatic heterocycles. The predicted octanol–water partition coefficient (Wildman–Crippen LogP) is 3.60. The van der Waals surface area contributed by atoms with Gasteiger partial charge in [-0.1, -0.05) is 29.8 Å². The molecule has 0 radical (unpaired) electrons. The standard InChI is InChI=1S/C18H16ClN3O/c1-12-8-13-4-2-3-5-17(13)22(12)11-18(23)21-15-7-6-14(10-20)16(19)9-15/h2-7,9,12H,8,11H2,1H3,(H,21,23). The van der Waals surface area contributed by atoms with Gasteiger partial charge in [0.25, 0.3) is 0 Å². The second kappa shape index (κ2) is 6.31. The summed E-state index contributed by atoms with van der Waals surface area (Å²) in [5.74, 6) is -0.102. The molecular formula is C18H16ClN3O. The minimum atomic E-state index is -0.102. The molecular weight excluding hydrogens is 310 g/mol. The number of amides is 1. The number of carbonyl (C=O) groups is 1. The minimum absolute atomic E-state index is 0.102. The number of anilines is 2. The van der Waals surface area contributed by atoms with Gasteiger partial charge in [0.1, 0.15) is 6.07 Å². The molecule has 1 aliphatic rings. The van der Waals surface area contributed by atoms with E-state index in [1.54, 1.807) is 18.2 Å². The summed E-state index contributed by atoms with van der Waals surface area (Å²) in [5, 5.41) is 12.1. The normalized spacial score (nSPS) is 15.9. The van der Waals surface area contributed by atoms with Gasteiger partial charge in [-0.2, -0.15) is 5.26 Å². The number of para-hydroxylation sites is 1. The minimum Gasteiger partial charge on any atom is -0.359 e. The fourth-order valence-electron chi connectivity index (χ4n) is 2.91. The summed E-state index contributed by atoms with van der Waals surface area (Å²) < 4.78 is 0. The summed E-state index contributed by atoms with van der Waals surface area (Å²) in [6, 6.07) is 15.3. The van der Waals surface area contributed by atoms with E-state index in [9.17, 15) is 4.79 Å². The Kier molecular flexibility index (Phi) is 4.22. The lowest BCUT2D eigenvalue weighted by molar-refractivity contribution is -0.115. The van der Waals surface area contributed by atoms with Gasteiger partial charge in [0.05, 0.1) is 17.1 Å². The van der Waals surface area contributed by atoms with Crippen LogP contribution in [0.3, 0.4) is 0 Å². The van der Waals surface area contributed by atoms with Crippen molar-refractivity contribution in [3.8, 4) is 6.07 Å². The molecule has 5 heteroatoms. The van der Waals surface area contributed by atoms with E-state index in [0.29, 0.717) is 22.3 Å². The van der Waals surface area contributed by atoms with Gasteiger partial charge in [0.2, 0.25) is 5.91 Å². The number of benzene rings is 2. The van der Waals surface area contributed by atoms with Crippen LogP contribution in [0.1, 0.15) is 18.1 Å². The third-order valence-corrected chi connectivity index (χ3v) is 4.35. The highest BCUT2D eigenvalue weighted by molar-refractivity contribution is 6.32. The van der Waals surface area contributed by atoms with Crippen molar-refractivity contribution in [1.29, 1.82) is 5.26 Å². The van der Waals surface area contributed by atoms with Crippen LogP contribution in [0.5, 0.6) is 0 Å². The maximum atomic E-state index is 12.3. The Morgan fingerprint density at radius 2 is 2.17 bits per heavy atom. The zero-order chi connectivity index (χ0) is 16.4. The van der Waals surface area contributed by atoms with Crippen LogP contribution in [0.25, 0.3) is 0 Å². The van der Waals surface area contributed by atoms with E-state index in [2.05, 4.69) is 23.2 Å². The van der Waals surface area contributed by atoms with Crippen LogP contribution in [0.2, 0.25) is 5.02 Å². The topological polar surface area (TPSA) is 56.1 Å². The summed E-state index contributed by atoms with van der Waals surface area (Å²) in [6.07, 6.45) is 0.951. The first-order chi connectivity index (χ1) is 11.1. The smallest absolute Gasteiger partial charge is 0.243 e. The average molecular weight is 326 g/mol. The number of fused-ring (bicyclic) bond motifs is 1. The zero-order valence-corrected chi connectivity index (χ0v) is 13.5. The molecule has 0 aromatic heterocycles. The average Bonchev–Trinajstić information content (AvgIpc) is 2.83. The highest BCUT2D eigenvalue weighted by Gasteiger charge is 2.26. The van der Waals surface area contributed by atoms with E-state index in [4.69, 9.17) is 16.9 Å². The first-order valence-corrected chi connectivity index (χ1v) is 7.80. The molecule has 2 aromatic rings. The van der Waals surface area contributed by atoms with Gasteiger partial charge in [-0.15, -0.1) is 0 Å². The molecule has 1 heterocycles. The van der Waals surface area contributed by atoms with Crippen molar-refractivity contribution in [3.63, 3.8) is 0 Å². The first-order valence-electron chi connectivity index (χ1n) is 7.42. The van der Waals surface area contributed by atoms with Gasteiger partial charge < -0.3 is 10.2 Å². The summed E-state index contributed by atoms with van der Waals surface area (Å²) >= 11 is 5.99. The van der Waals surface area contributed by atoms with Crippen molar-refractivity contribution in [3.05, 3.63) is 58.6 Å². The van der Waals surface area contributed by atoms with Crippen molar-refractivity contribution < 1.29 is 4.79 Å². The molecule has 4 nitrogen and oxygen atoms in total. The number of carbonyl (C=O) groups excluding carboxylic acids is 1. The van der Waals surface area contributed by atoms with Crippen LogP contribution in [0.15, 0.2) is 42.5 Å². The van der Waals surface area contributed by atoms with Crippen molar-refractivity contribution in [2.45, 2.75) is 19.4 Å². The summed E-state index contributed by atoms with van der Waals surface area (Å²) in [7, 11) is 0. The van der Waals surface area contributed by atoms with Crippen molar-refractivity contribution in [1.82, 2.24) is 0 Å². The monoisotopic (exact) mass is 325 g/mol. The molecule has 2 aromatic carbocycles. The maximum Gasteiger partial charge on any atom is 0.243 e. The zero-order valence-electron chi connectivity index (χ0n) is 12.7. The van der Waals surface area contributed by atoms with Crippen LogP contribution in [0.4, 0.5) is 11.4 Å². The molecule has 0 saturated carbocycles. The van der Waals surface area contributed by atoms with E-state index in [1.165, 1.54) is 5.56 Å². The van der Waals surface area contributed by atoms with Gasteiger partial charge >= 0.3 is 0 Å². The number of nitriles is 1. The number of nitrogens with zero attached hydrogens (tertiary/aromatic N) is 2. The Bertz CT molecular complexity index is 797. The number of nitrogens with one attached hydrogen (secondary N) is 1. The largest absolute Gasteiger partial charge is 0.359 e. The Labute approximate surface area is 140 Å². The van der Waals surface area contributed by atoms with Crippen LogP contribution >= 0.6 is 11.6 Å². The molecule has 116 valence electrons. The lowest BCUT2D eigenvalue weighted by Gasteiger charge is -2.24. The van der Waals surface area contributed by atoms with Crippen LogP contribution in [0, 0.1) is 11.3 Å². The van der Waals surface area contributed by atoms with Crippen LogP contribution < -0.4 is 10.2 Å². The van der Waals surface area contributed by atoms with Crippen molar-refractivity contribution in [2.24, 2.45) is 0 Å². The van der Waals surface area contributed by atoms with E-state index in [1.807, 2.05) is 24.3 Å². The Hall–Kier alpha value is -2.51.